The fourth-order valence-electron chi connectivity index (χ4n) is 6.54. The number of aryl methyl sites for hydroxylation is 1. The lowest BCUT2D eigenvalue weighted by atomic mass is 9.77. The van der Waals surface area contributed by atoms with Gasteiger partial charge in [-0.05, 0) is 76.1 Å². The summed E-state index contributed by atoms with van der Waals surface area (Å²) in [6, 6.07) is 26.5. The summed E-state index contributed by atoms with van der Waals surface area (Å²) < 4.78 is 0. The molecule has 198 valence electrons. The summed E-state index contributed by atoms with van der Waals surface area (Å²) in [6.07, 6.45) is 16.4. The zero-order valence-corrected chi connectivity index (χ0v) is 24.3. The Bertz CT molecular complexity index is 1620. The molecule has 0 amide bonds. The summed E-state index contributed by atoms with van der Waals surface area (Å²) in [7, 11) is 0. The van der Waals surface area contributed by atoms with E-state index in [1.165, 1.54) is 49.6 Å². The number of likely N-dealkylation sites (N-methyl/N-ethyl adjacent to an activating group) is 1. The van der Waals surface area contributed by atoms with Crippen molar-refractivity contribution in [1.29, 1.82) is 0 Å². The molecule has 1 heterocycles. The fourth-order valence-corrected chi connectivity index (χ4v) is 6.54. The van der Waals surface area contributed by atoms with Gasteiger partial charge in [0.15, 0.2) is 0 Å². The Labute approximate surface area is 234 Å². The zero-order valence-electron chi connectivity index (χ0n) is 24.3. The molecular weight excluding hydrogens is 470 g/mol. The summed E-state index contributed by atoms with van der Waals surface area (Å²) in [5.74, 6) is 0. The molecule has 0 fully saturated rings. The van der Waals surface area contributed by atoms with Crippen LogP contribution in [0.2, 0.25) is 0 Å². The van der Waals surface area contributed by atoms with Crippen LogP contribution in [0.15, 0.2) is 121 Å². The lowest BCUT2D eigenvalue weighted by Gasteiger charge is -2.27. The minimum atomic E-state index is -0.0501. The molecule has 5 rings (SSSR count). The van der Waals surface area contributed by atoms with Crippen LogP contribution in [0.4, 0.5) is 5.69 Å². The normalized spacial score (nSPS) is 16.6. The molecule has 0 unspecified atom stereocenters. The fraction of sp³-hybridized carbons (Fsp3) is 0.263. The Kier molecular flexibility index (Phi) is 7.36. The van der Waals surface area contributed by atoms with E-state index >= 15 is 0 Å². The summed E-state index contributed by atoms with van der Waals surface area (Å²) in [5, 5.41) is 5.36. The lowest BCUT2D eigenvalue weighted by molar-refractivity contribution is 0.536. The first-order chi connectivity index (χ1) is 18.8. The van der Waals surface area contributed by atoms with Gasteiger partial charge in [-0.3, -0.25) is 0 Å². The van der Waals surface area contributed by atoms with E-state index < -0.39 is 0 Å². The van der Waals surface area contributed by atoms with Gasteiger partial charge in [0.25, 0.3) is 0 Å². The summed E-state index contributed by atoms with van der Waals surface area (Å²) in [5.41, 5.74) is 6.95. The molecule has 0 N–H and O–H groups in total. The molecule has 0 saturated heterocycles. The van der Waals surface area contributed by atoms with E-state index in [1.54, 1.807) is 0 Å². The SMILES string of the molecule is CCN1\C(=C/C=C/C=C/C=C/CC(C)(C)c2c(C)ccc3ccccc23)C(C)(C)c2c1ccc1ccccc21. The molecule has 0 saturated carbocycles. The van der Waals surface area contributed by atoms with Gasteiger partial charge in [0, 0.05) is 23.3 Å². The maximum Gasteiger partial charge on any atom is 0.0456 e. The van der Waals surface area contributed by atoms with Gasteiger partial charge in [0.1, 0.15) is 0 Å². The summed E-state index contributed by atoms with van der Waals surface area (Å²) >= 11 is 0. The van der Waals surface area contributed by atoms with Gasteiger partial charge in [-0.25, -0.2) is 0 Å². The van der Waals surface area contributed by atoms with Crippen molar-refractivity contribution in [1.82, 2.24) is 0 Å². The molecule has 4 aromatic carbocycles. The monoisotopic (exact) mass is 511 g/mol. The number of hydrogen-bond acceptors (Lipinski definition) is 1. The van der Waals surface area contributed by atoms with E-state index in [-0.39, 0.29) is 10.8 Å². The number of fused-ring (bicyclic) bond motifs is 4. The van der Waals surface area contributed by atoms with Crippen molar-refractivity contribution >= 4 is 27.2 Å². The van der Waals surface area contributed by atoms with Crippen LogP contribution in [0.3, 0.4) is 0 Å². The number of rotatable bonds is 7. The third kappa shape index (κ3) is 4.99. The largest absolute Gasteiger partial charge is 0.344 e. The highest BCUT2D eigenvalue weighted by Gasteiger charge is 2.40. The molecule has 0 aliphatic carbocycles. The van der Waals surface area contributed by atoms with Gasteiger partial charge in [0.05, 0.1) is 0 Å². The lowest BCUT2D eigenvalue weighted by Crippen LogP contribution is -2.25. The van der Waals surface area contributed by atoms with Gasteiger partial charge < -0.3 is 4.90 Å². The van der Waals surface area contributed by atoms with E-state index in [1.807, 2.05) is 0 Å². The van der Waals surface area contributed by atoms with Gasteiger partial charge in [-0.1, -0.05) is 131 Å². The average Bonchev–Trinajstić information content (AvgIpc) is 3.15. The Morgan fingerprint density at radius 1 is 0.744 bits per heavy atom. The van der Waals surface area contributed by atoms with Crippen LogP contribution in [0.1, 0.15) is 57.7 Å². The first-order valence-electron chi connectivity index (χ1n) is 14.2. The van der Waals surface area contributed by atoms with Crippen molar-refractivity contribution in [3.8, 4) is 0 Å². The Balaban J connectivity index is 1.29. The van der Waals surface area contributed by atoms with Gasteiger partial charge >= 0.3 is 0 Å². The van der Waals surface area contributed by atoms with E-state index in [2.05, 4.69) is 162 Å². The Hall–Kier alpha value is -3.84. The minimum Gasteiger partial charge on any atom is -0.344 e. The molecule has 0 atom stereocenters. The van der Waals surface area contributed by atoms with Crippen molar-refractivity contribution < 1.29 is 0 Å². The number of hydrogen-bond donors (Lipinski definition) is 0. The van der Waals surface area contributed by atoms with Crippen molar-refractivity contribution in [3.63, 3.8) is 0 Å². The first kappa shape index (κ1) is 26.8. The molecule has 1 aliphatic rings. The van der Waals surface area contributed by atoms with Crippen LogP contribution in [-0.2, 0) is 10.8 Å². The number of nitrogens with zero attached hydrogens (tertiary/aromatic N) is 1. The standard InChI is InChI=1S/C38H41N/c1-7-39-33-26-25-30-19-14-16-21-32(30)36(33)38(5,6)34(39)22-12-10-8-9-11-17-27-37(3,4)35-28(2)23-24-29-18-13-15-20-31(29)35/h8-26H,7,27H2,1-6H3/b9-8+,12-10+,17-11+,34-22-. The zero-order chi connectivity index (χ0) is 27.6. The maximum atomic E-state index is 2.47. The van der Waals surface area contributed by atoms with Crippen LogP contribution in [0.25, 0.3) is 21.5 Å². The molecule has 0 bridgehead atoms. The summed E-state index contributed by atoms with van der Waals surface area (Å²) in [6.45, 7) is 14.8. The predicted molar refractivity (Wildman–Crippen MR) is 172 cm³/mol. The maximum absolute atomic E-state index is 2.47. The third-order valence-corrected chi connectivity index (χ3v) is 8.35. The molecule has 1 aliphatic heterocycles. The molecular formula is C38H41N. The molecule has 4 aromatic rings. The van der Waals surface area contributed by atoms with E-state index in [4.69, 9.17) is 0 Å². The Morgan fingerprint density at radius 3 is 2.10 bits per heavy atom. The number of anilines is 1. The van der Waals surface area contributed by atoms with Gasteiger partial charge in [-0.2, -0.15) is 0 Å². The predicted octanol–water partition coefficient (Wildman–Crippen LogP) is 10.3. The minimum absolute atomic E-state index is 0.0501. The van der Waals surface area contributed by atoms with Crippen molar-refractivity contribution in [2.45, 2.75) is 58.8 Å². The van der Waals surface area contributed by atoms with Crippen LogP contribution in [0.5, 0.6) is 0 Å². The second-order valence-electron chi connectivity index (χ2n) is 11.9. The van der Waals surface area contributed by atoms with Crippen LogP contribution < -0.4 is 4.90 Å². The van der Waals surface area contributed by atoms with Crippen molar-refractivity contribution in [2.24, 2.45) is 0 Å². The highest BCUT2D eigenvalue weighted by molar-refractivity contribution is 5.95. The third-order valence-electron chi connectivity index (χ3n) is 8.35. The van der Waals surface area contributed by atoms with Crippen LogP contribution >= 0.6 is 0 Å². The topological polar surface area (TPSA) is 3.24 Å². The first-order valence-corrected chi connectivity index (χ1v) is 14.2. The van der Waals surface area contributed by atoms with Gasteiger partial charge in [-0.15, -0.1) is 0 Å². The van der Waals surface area contributed by atoms with Crippen LogP contribution in [-0.4, -0.2) is 6.54 Å². The average molecular weight is 512 g/mol. The number of benzene rings is 4. The quantitative estimate of drug-likeness (QED) is 0.223. The smallest absolute Gasteiger partial charge is 0.0456 e. The molecule has 1 heteroatoms. The molecule has 0 radical (unpaired) electrons. The molecule has 1 nitrogen and oxygen atoms in total. The van der Waals surface area contributed by atoms with E-state index in [0.717, 1.165) is 13.0 Å². The summed E-state index contributed by atoms with van der Waals surface area (Å²) in [4.78, 5) is 2.47. The number of allylic oxidation sites excluding steroid dienone is 8. The van der Waals surface area contributed by atoms with Crippen LogP contribution in [0, 0.1) is 6.92 Å². The second kappa shape index (κ2) is 10.7. The second-order valence-corrected chi connectivity index (χ2v) is 11.9. The molecule has 0 aromatic heterocycles. The van der Waals surface area contributed by atoms with Gasteiger partial charge in [0.2, 0.25) is 0 Å². The van der Waals surface area contributed by atoms with Crippen molar-refractivity contribution in [2.75, 3.05) is 11.4 Å². The Morgan fingerprint density at radius 2 is 1.36 bits per heavy atom. The highest BCUT2D eigenvalue weighted by atomic mass is 15.2. The molecule has 39 heavy (non-hydrogen) atoms. The molecule has 0 spiro atoms. The van der Waals surface area contributed by atoms with E-state index in [9.17, 15) is 0 Å². The van der Waals surface area contributed by atoms with E-state index in [0.29, 0.717) is 0 Å². The van der Waals surface area contributed by atoms with Crippen molar-refractivity contribution in [3.05, 3.63) is 138 Å². The highest BCUT2D eigenvalue weighted by Crippen LogP contribution is 2.50.